The van der Waals surface area contributed by atoms with Crippen LogP contribution in [0.5, 0.6) is 11.5 Å². The smallest absolute Gasteiger partial charge is 0.163 e. The van der Waals surface area contributed by atoms with E-state index >= 15 is 0 Å². The number of fused-ring (bicyclic) bond motifs is 1. The SMILES string of the molecule is CC(=O)c1cc2c(cc1O)OC(C(C)C)C2O. The summed E-state index contributed by atoms with van der Waals surface area (Å²) in [5.41, 5.74) is 0.794. The van der Waals surface area contributed by atoms with Gasteiger partial charge in [-0.15, -0.1) is 0 Å². The third-order valence-corrected chi connectivity index (χ3v) is 3.06. The Morgan fingerprint density at radius 2 is 2.06 bits per heavy atom. The standard InChI is InChI=1S/C13H16O4/c1-6(2)13-12(16)9-4-8(7(3)14)10(15)5-11(9)17-13/h4-6,12-13,15-16H,1-3H3. The summed E-state index contributed by atoms with van der Waals surface area (Å²) in [6.07, 6.45) is -1.07. The molecule has 0 saturated carbocycles. The van der Waals surface area contributed by atoms with Gasteiger partial charge in [0.15, 0.2) is 5.78 Å². The lowest BCUT2D eigenvalue weighted by atomic mass is 9.96. The number of Topliss-reactive ketones (excluding diaryl/α,β-unsaturated/α-hetero) is 1. The van der Waals surface area contributed by atoms with Gasteiger partial charge in [-0.25, -0.2) is 0 Å². The van der Waals surface area contributed by atoms with Crippen LogP contribution in [0.15, 0.2) is 12.1 Å². The van der Waals surface area contributed by atoms with Crippen molar-refractivity contribution >= 4 is 5.78 Å². The average molecular weight is 236 g/mol. The van der Waals surface area contributed by atoms with Crippen molar-refractivity contribution < 1.29 is 19.7 Å². The van der Waals surface area contributed by atoms with Crippen LogP contribution in [-0.4, -0.2) is 22.1 Å². The number of aromatic hydroxyl groups is 1. The van der Waals surface area contributed by atoms with Gasteiger partial charge >= 0.3 is 0 Å². The van der Waals surface area contributed by atoms with Crippen LogP contribution < -0.4 is 4.74 Å². The highest BCUT2D eigenvalue weighted by Crippen LogP contribution is 2.42. The fourth-order valence-electron chi connectivity index (χ4n) is 2.09. The zero-order valence-corrected chi connectivity index (χ0v) is 10.1. The van der Waals surface area contributed by atoms with Crippen molar-refractivity contribution in [3.05, 3.63) is 23.3 Å². The first kappa shape index (κ1) is 11.9. The Bertz CT molecular complexity index is 465. The number of rotatable bonds is 2. The number of carbonyl (C=O) groups is 1. The molecule has 1 heterocycles. The molecule has 17 heavy (non-hydrogen) atoms. The number of aliphatic hydroxyl groups excluding tert-OH is 1. The first-order chi connectivity index (χ1) is 7.91. The molecule has 4 heteroatoms. The number of ketones is 1. The molecule has 0 aromatic heterocycles. The fourth-order valence-corrected chi connectivity index (χ4v) is 2.09. The lowest BCUT2D eigenvalue weighted by Gasteiger charge is -2.17. The number of hydrogen-bond donors (Lipinski definition) is 2. The molecule has 0 bridgehead atoms. The van der Waals surface area contributed by atoms with E-state index in [9.17, 15) is 15.0 Å². The summed E-state index contributed by atoms with van der Waals surface area (Å²) in [5, 5.41) is 19.8. The molecule has 92 valence electrons. The molecule has 0 aliphatic carbocycles. The minimum Gasteiger partial charge on any atom is -0.507 e. The maximum absolute atomic E-state index is 11.3. The van der Waals surface area contributed by atoms with Crippen LogP contribution in [0.1, 0.15) is 42.8 Å². The normalized spacial score (nSPS) is 22.4. The van der Waals surface area contributed by atoms with E-state index in [-0.39, 0.29) is 29.1 Å². The van der Waals surface area contributed by atoms with Crippen molar-refractivity contribution in [3.8, 4) is 11.5 Å². The Kier molecular flexibility index (Phi) is 2.83. The Morgan fingerprint density at radius 3 is 2.59 bits per heavy atom. The summed E-state index contributed by atoms with van der Waals surface area (Å²) < 4.78 is 5.57. The van der Waals surface area contributed by atoms with E-state index in [1.54, 1.807) is 0 Å². The Morgan fingerprint density at radius 1 is 1.41 bits per heavy atom. The molecule has 0 amide bonds. The molecule has 1 aromatic carbocycles. The van der Waals surface area contributed by atoms with Gasteiger partial charge in [-0.1, -0.05) is 13.8 Å². The zero-order chi connectivity index (χ0) is 12.7. The van der Waals surface area contributed by atoms with Crippen molar-refractivity contribution in [2.75, 3.05) is 0 Å². The second-order valence-electron chi connectivity index (χ2n) is 4.73. The highest BCUT2D eigenvalue weighted by atomic mass is 16.5. The number of benzene rings is 1. The van der Waals surface area contributed by atoms with E-state index in [1.165, 1.54) is 19.1 Å². The van der Waals surface area contributed by atoms with Gasteiger partial charge in [0.2, 0.25) is 0 Å². The summed E-state index contributed by atoms with van der Waals surface area (Å²) in [4.78, 5) is 11.3. The van der Waals surface area contributed by atoms with Crippen molar-refractivity contribution in [1.29, 1.82) is 0 Å². The topological polar surface area (TPSA) is 66.8 Å². The molecular weight excluding hydrogens is 220 g/mol. The third-order valence-electron chi connectivity index (χ3n) is 3.06. The maximum atomic E-state index is 11.3. The Labute approximate surface area is 99.8 Å². The summed E-state index contributed by atoms with van der Waals surface area (Å²) >= 11 is 0. The van der Waals surface area contributed by atoms with Gasteiger partial charge in [-0.3, -0.25) is 4.79 Å². The number of aliphatic hydroxyl groups is 1. The van der Waals surface area contributed by atoms with E-state index < -0.39 is 6.10 Å². The minimum absolute atomic E-state index is 0.104. The largest absolute Gasteiger partial charge is 0.507 e. The van der Waals surface area contributed by atoms with Crippen LogP contribution in [0.25, 0.3) is 0 Å². The molecule has 1 aromatic rings. The molecule has 0 spiro atoms. The van der Waals surface area contributed by atoms with Crippen LogP contribution in [0.3, 0.4) is 0 Å². The molecule has 2 atom stereocenters. The quantitative estimate of drug-likeness (QED) is 0.771. The third kappa shape index (κ3) is 1.89. The molecule has 1 aliphatic rings. The van der Waals surface area contributed by atoms with Gasteiger partial charge in [0.05, 0.1) is 5.56 Å². The first-order valence-electron chi connectivity index (χ1n) is 5.64. The molecule has 0 fully saturated rings. The van der Waals surface area contributed by atoms with Crippen LogP contribution >= 0.6 is 0 Å². The molecular formula is C13H16O4. The first-order valence-corrected chi connectivity index (χ1v) is 5.64. The van der Waals surface area contributed by atoms with Gasteiger partial charge in [-0.05, 0) is 18.9 Å². The van der Waals surface area contributed by atoms with E-state index in [0.29, 0.717) is 11.3 Å². The fraction of sp³-hybridized carbons (Fsp3) is 0.462. The summed E-state index contributed by atoms with van der Waals surface area (Å²) in [6.45, 7) is 5.28. The van der Waals surface area contributed by atoms with Gasteiger partial charge in [-0.2, -0.15) is 0 Å². The summed E-state index contributed by atoms with van der Waals surface area (Å²) in [5.74, 6) is 0.275. The van der Waals surface area contributed by atoms with E-state index in [4.69, 9.17) is 4.74 Å². The van der Waals surface area contributed by atoms with E-state index in [0.717, 1.165) is 0 Å². The van der Waals surface area contributed by atoms with E-state index in [2.05, 4.69) is 0 Å². The molecule has 2 N–H and O–H groups in total. The number of carbonyl (C=O) groups excluding carboxylic acids is 1. The second-order valence-corrected chi connectivity index (χ2v) is 4.73. The second kappa shape index (κ2) is 4.04. The zero-order valence-electron chi connectivity index (χ0n) is 10.1. The number of phenols is 1. The lowest BCUT2D eigenvalue weighted by molar-refractivity contribution is 0.0382. The monoisotopic (exact) mass is 236 g/mol. The van der Waals surface area contributed by atoms with E-state index in [1.807, 2.05) is 13.8 Å². The summed E-state index contributed by atoms with van der Waals surface area (Å²) in [7, 11) is 0. The molecule has 2 rings (SSSR count). The molecule has 0 saturated heterocycles. The van der Waals surface area contributed by atoms with Gasteiger partial charge in [0, 0.05) is 11.6 Å². The van der Waals surface area contributed by atoms with Crippen molar-refractivity contribution in [3.63, 3.8) is 0 Å². The van der Waals surface area contributed by atoms with Crippen LogP contribution in [-0.2, 0) is 0 Å². The van der Waals surface area contributed by atoms with Gasteiger partial charge < -0.3 is 14.9 Å². The maximum Gasteiger partial charge on any atom is 0.163 e. The average Bonchev–Trinajstić information content (AvgIpc) is 2.54. The van der Waals surface area contributed by atoms with Crippen molar-refractivity contribution in [2.24, 2.45) is 5.92 Å². The summed E-state index contributed by atoms with van der Waals surface area (Å²) in [6, 6.07) is 2.91. The Balaban J connectivity index is 2.46. The predicted molar refractivity (Wildman–Crippen MR) is 62.3 cm³/mol. The minimum atomic E-state index is -0.747. The van der Waals surface area contributed by atoms with Crippen LogP contribution in [0, 0.1) is 5.92 Å². The highest BCUT2D eigenvalue weighted by molar-refractivity contribution is 5.97. The lowest BCUT2D eigenvalue weighted by Crippen LogP contribution is -2.24. The molecule has 0 radical (unpaired) electrons. The van der Waals surface area contributed by atoms with Gasteiger partial charge in [0.1, 0.15) is 23.7 Å². The molecule has 2 unspecified atom stereocenters. The van der Waals surface area contributed by atoms with Crippen LogP contribution in [0.4, 0.5) is 0 Å². The highest BCUT2D eigenvalue weighted by Gasteiger charge is 2.36. The van der Waals surface area contributed by atoms with Crippen molar-refractivity contribution in [1.82, 2.24) is 0 Å². The number of phenolic OH excluding ortho intramolecular Hbond substituents is 1. The predicted octanol–water partition coefficient (Wildman–Crippen LogP) is 2.05. The van der Waals surface area contributed by atoms with Crippen LogP contribution in [0.2, 0.25) is 0 Å². The number of ether oxygens (including phenoxy) is 1. The molecule has 1 aliphatic heterocycles. The molecule has 4 nitrogen and oxygen atoms in total. The number of hydrogen-bond acceptors (Lipinski definition) is 4. The van der Waals surface area contributed by atoms with Crippen molar-refractivity contribution in [2.45, 2.75) is 33.0 Å². The Hall–Kier alpha value is -1.55. The van der Waals surface area contributed by atoms with Gasteiger partial charge in [0.25, 0.3) is 0 Å².